The third-order valence-corrected chi connectivity index (χ3v) is 11.4. The number of amides is 4. The molecule has 6 rings (SSSR count). The standard InChI is InChI=1S/C40H55N5O5/c1-28(2)20-34(25-42-19-9-14-32(42)26-44-33(23-41-37(47)38(44)48)21-29-10-5-3-6-11-29)45-27-35(22-30-15-17-36(46)18-16-30)43(39(49)40(45)50)24-31-12-7-4-8-13-31/h3,5-6,10-11,15-18,28,31-35,46H,4,7-9,12-14,19-27H2,1-2H3,(H,41,47)/t32-,33-,34-,35-/m0/s1. The largest absolute Gasteiger partial charge is 0.508 e. The number of hydrogen-bond donors (Lipinski definition) is 2. The van der Waals surface area contributed by atoms with Crippen molar-refractivity contribution in [3.63, 3.8) is 0 Å². The fourth-order valence-corrected chi connectivity index (χ4v) is 8.77. The molecule has 3 aliphatic heterocycles. The summed E-state index contributed by atoms with van der Waals surface area (Å²) in [5.74, 6) is -0.902. The minimum absolute atomic E-state index is 0.0592. The van der Waals surface area contributed by atoms with Crippen molar-refractivity contribution in [1.29, 1.82) is 0 Å². The maximum atomic E-state index is 14.1. The van der Waals surface area contributed by atoms with Gasteiger partial charge >= 0.3 is 23.6 Å². The van der Waals surface area contributed by atoms with Crippen LogP contribution in [0, 0.1) is 11.8 Å². The number of piperazine rings is 2. The number of phenolic OH excluding ortho intramolecular Hbond substituents is 1. The van der Waals surface area contributed by atoms with Crippen molar-refractivity contribution in [2.75, 3.05) is 39.3 Å². The molecular weight excluding hydrogens is 630 g/mol. The molecule has 50 heavy (non-hydrogen) atoms. The summed E-state index contributed by atoms with van der Waals surface area (Å²) < 4.78 is 0. The summed E-state index contributed by atoms with van der Waals surface area (Å²) in [7, 11) is 0. The number of likely N-dealkylation sites (tertiary alicyclic amines) is 1. The number of carbonyl (C=O) groups excluding carboxylic acids is 4. The quantitative estimate of drug-likeness (QED) is 0.309. The van der Waals surface area contributed by atoms with Gasteiger partial charge in [0.2, 0.25) is 0 Å². The summed E-state index contributed by atoms with van der Waals surface area (Å²) in [5.41, 5.74) is 2.16. The number of benzene rings is 2. The summed E-state index contributed by atoms with van der Waals surface area (Å²) in [6.45, 7) is 7.76. The molecule has 0 radical (unpaired) electrons. The van der Waals surface area contributed by atoms with Gasteiger partial charge in [0, 0.05) is 44.8 Å². The second-order valence-electron chi connectivity index (χ2n) is 15.5. The molecule has 2 aromatic carbocycles. The van der Waals surface area contributed by atoms with E-state index in [0.29, 0.717) is 57.4 Å². The zero-order valence-corrected chi connectivity index (χ0v) is 29.8. The highest BCUT2D eigenvalue weighted by atomic mass is 16.3. The Hall–Kier alpha value is -3.92. The second-order valence-corrected chi connectivity index (χ2v) is 15.5. The van der Waals surface area contributed by atoms with Crippen molar-refractivity contribution < 1.29 is 24.3 Å². The first-order chi connectivity index (χ1) is 24.2. The van der Waals surface area contributed by atoms with Gasteiger partial charge in [-0.1, -0.05) is 75.6 Å². The normalized spacial score (nSPS) is 24.7. The van der Waals surface area contributed by atoms with Gasteiger partial charge in [0.25, 0.3) is 0 Å². The number of carbonyl (C=O) groups is 4. The summed E-state index contributed by atoms with van der Waals surface area (Å²) in [4.78, 5) is 61.9. The van der Waals surface area contributed by atoms with Crippen molar-refractivity contribution in [3.8, 4) is 5.75 Å². The SMILES string of the molecule is CC(C)C[C@@H](CN1CCC[C@H]1CN1C(=O)C(=O)NC[C@@H]1Cc1ccccc1)N1C[C@H](Cc2ccc(O)cc2)N(CC2CCCCC2)C(=O)C1=O. The maximum absolute atomic E-state index is 14.1. The van der Waals surface area contributed by atoms with Crippen LogP contribution in [0.3, 0.4) is 0 Å². The fraction of sp³-hybridized carbons (Fsp3) is 0.600. The molecule has 1 aliphatic carbocycles. The van der Waals surface area contributed by atoms with Crippen LogP contribution < -0.4 is 5.32 Å². The van der Waals surface area contributed by atoms with E-state index >= 15 is 0 Å². The van der Waals surface area contributed by atoms with Crippen LogP contribution in [0.2, 0.25) is 0 Å². The Bertz CT molecular complexity index is 1480. The lowest BCUT2D eigenvalue weighted by Gasteiger charge is -2.46. The Kier molecular flexibility index (Phi) is 11.8. The average Bonchev–Trinajstić information content (AvgIpc) is 3.55. The molecule has 4 amide bonds. The lowest BCUT2D eigenvalue weighted by atomic mass is 9.87. The van der Waals surface area contributed by atoms with E-state index in [1.54, 1.807) is 17.0 Å². The summed E-state index contributed by atoms with van der Waals surface area (Å²) in [6, 6.07) is 16.9. The van der Waals surface area contributed by atoms with Gasteiger partial charge in [-0.3, -0.25) is 24.1 Å². The van der Waals surface area contributed by atoms with Crippen LogP contribution in [-0.4, -0.2) is 112 Å². The molecular formula is C40H55N5O5. The van der Waals surface area contributed by atoms with Crippen LogP contribution in [0.25, 0.3) is 0 Å². The van der Waals surface area contributed by atoms with E-state index in [0.717, 1.165) is 49.8 Å². The Morgan fingerprint density at radius 3 is 2.14 bits per heavy atom. The minimum Gasteiger partial charge on any atom is -0.508 e. The molecule has 2 N–H and O–H groups in total. The summed E-state index contributed by atoms with van der Waals surface area (Å²) >= 11 is 0. The summed E-state index contributed by atoms with van der Waals surface area (Å²) in [5, 5.41) is 12.7. The van der Waals surface area contributed by atoms with E-state index in [1.807, 2.05) is 40.1 Å². The summed E-state index contributed by atoms with van der Waals surface area (Å²) in [6.07, 6.45) is 9.68. The van der Waals surface area contributed by atoms with Crippen LogP contribution in [0.1, 0.15) is 76.3 Å². The van der Waals surface area contributed by atoms with E-state index in [2.05, 4.69) is 36.2 Å². The van der Waals surface area contributed by atoms with Crippen LogP contribution >= 0.6 is 0 Å². The number of nitrogens with one attached hydrogen (secondary N) is 1. The average molecular weight is 686 g/mol. The Labute approximate surface area is 297 Å². The molecule has 0 aromatic heterocycles. The highest BCUT2D eigenvalue weighted by Gasteiger charge is 2.44. The first kappa shape index (κ1) is 35.9. The van der Waals surface area contributed by atoms with Crippen molar-refractivity contribution in [2.45, 2.75) is 102 Å². The third kappa shape index (κ3) is 8.68. The van der Waals surface area contributed by atoms with Crippen molar-refractivity contribution in [1.82, 2.24) is 24.9 Å². The highest BCUT2D eigenvalue weighted by Crippen LogP contribution is 2.30. The molecule has 3 saturated heterocycles. The fourth-order valence-electron chi connectivity index (χ4n) is 8.77. The Morgan fingerprint density at radius 2 is 1.42 bits per heavy atom. The van der Waals surface area contributed by atoms with Crippen molar-refractivity contribution in [2.24, 2.45) is 11.8 Å². The number of rotatable bonds is 13. The van der Waals surface area contributed by atoms with Crippen LogP contribution in [0.5, 0.6) is 5.75 Å². The van der Waals surface area contributed by atoms with E-state index in [4.69, 9.17) is 0 Å². The topological polar surface area (TPSA) is 114 Å². The van der Waals surface area contributed by atoms with Crippen LogP contribution in [-0.2, 0) is 32.0 Å². The number of nitrogens with zero attached hydrogens (tertiary/aromatic N) is 4. The number of phenols is 1. The first-order valence-corrected chi connectivity index (χ1v) is 18.9. The molecule has 10 heteroatoms. The van der Waals surface area contributed by atoms with Crippen LogP contribution in [0.4, 0.5) is 0 Å². The van der Waals surface area contributed by atoms with Gasteiger partial charge < -0.3 is 25.1 Å². The zero-order valence-electron chi connectivity index (χ0n) is 29.8. The van der Waals surface area contributed by atoms with Gasteiger partial charge in [-0.05, 0) is 86.6 Å². The Balaban J connectivity index is 1.20. The smallest absolute Gasteiger partial charge is 0.312 e. The lowest BCUT2D eigenvalue weighted by Crippen LogP contribution is -2.65. The van der Waals surface area contributed by atoms with Gasteiger partial charge in [0.05, 0.1) is 12.1 Å². The molecule has 2 aromatic rings. The van der Waals surface area contributed by atoms with Gasteiger partial charge in [-0.15, -0.1) is 0 Å². The van der Waals surface area contributed by atoms with Crippen LogP contribution in [0.15, 0.2) is 54.6 Å². The molecule has 10 nitrogen and oxygen atoms in total. The molecule has 4 atom stereocenters. The first-order valence-electron chi connectivity index (χ1n) is 18.9. The van der Waals surface area contributed by atoms with Gasteiger partial charge in [-0.2, -0.15) is 0 Å². The van der Waals surface area contributed by atoms with Gasteiger partial charge in [0.15, 0.2) is 0 Å². The number of aromatic hydroxyl groups is 1. The predicted molar refractivity (Wildman–Crippen MR) is 192 cm³/mol. The molecule has 270 valence electrons. The molecule has 0 bridgehead atoms. The number of hydrogen-bond acceptors (Lipinski definition) is 6. The van der Waals surface area contributed by atoms with Gasteiger partial charge in [-0.25, -0.2) is 0 Å². The molecule has 4 fully saturated rings. The predicted octanol–water partition coefficient (Wildman–Crippen LogP) is 4.00. The van der Waals surface area contributed by atoms with Crippen molar-refractivity contribution >= 4 is 23.6 Å². The molecule has 0 spiro atoms. The zero-order chi connectivity index (χ0) is 35.2. The maximum Gasteiger partial charge on any atom is 0.312 e. The minimum atomic E-state index is -0.550. The van der Waals surface area contributed by atoms with E-state index in [-0.39, 0.29) is 29.9 Å². The molecule has 1 saturated carbocycles. The Morgan fingerprint density at radius 1 is 0.740 bits per heavy atom. The van der Waals surface area contributed by atoms with E-state index in [9.17, 15) is 24.3 Å². The monoisotopic (exact) mass is 685 g/mol. The third-order valence-electron chi connectivity index (χ3n) is 11.4. The van der Waals surface area contributed by atoms with E-state index in [1.165, 1.54) is 19.3 Å². The van der Waals surface area contributed by atoms with E-state index < -0.39 is 23.6 Å². The molecule has 0 unspecified atom stereocenters. The highest BCUT2D eigenvalue weighted by molar-refractivity contribution is 6.36. The molecule has 4 aliphatic rings. The second kappa shape index (κ2) is 16.4. The van der Waals surface area contributed by atoms with Gasteiger partial charge in [0.1, 0.15) is 5.75 Å². The molecule has 3 heterocycles. The lowest BCUT2D eigenvalue weighted by molar-refractivity contribution is -0.162. The van der Waals surface area contributed by atoms with Crippen molar-refractivity contribution in [3.05, 3.63) is 65.7 Å².